The number of hydrogen-bond donors (Lipinski definition) is 1. The maximum Gasteiger partial charge on any atom is 0.255 e. The molecule has 28 heavy (non-hydrogen) atoms. The Labute approximate surface area is 162 Å². The lowest BCUT2D eigenvalue weighted by atomic mass is 9.73. The highest BCUT2D eigenvalue weighted by Crippen LogP contribution is 2.54. The van der Waals surface area contributed by atoms with Gasteiger partial charge in [-0.1, -0.05) is 24.3 Å². The second-order valence-electron chi connectivity index (χ2n) is 7.15. The summed E-state index contributed by atoms with van der Waals surface area (Å²) in [4.78, 5) is 36.7. The summed E-state index contributed by atoms with van der Waals surface area (Å²) < 4.78 is 0. The minimum absolute atomic E-state index is 0.0657. The third-order valence-corrected chi connectivity index (χ3v) is 5.76. The number of nitrogens with one attached hydrogen (secondary N) is 1. The van der Waals surface area contributed by atoms with Gasteiger partial charge in [-0.2, -0.15) is 0 Å². The highest BCUT2D eigenvalue weighted by molar-refractivity contribution is 6.08. The molecule has 4 heterocycles. The molecule has 1 fully saturated rings. The van der Waals surface area contributed by atoms with Gasteiger partial charge in [0.1, 0.15) is 5.41 Å². The second kappa shape index (κ2) is 6.27. The van der Waals surface area contributed by atoms with Gasteiger partial charge in [-0.15, -0.1) is 0 Å². The van der Waals surface area contributed by atoms with Crippen LogP contribution in [0.2, 0.25) is 0 Å². The first-order chi connectivity index (χ1) is 13.7. The van der Waals surface area contributed by atoms with Gasteiger partial charge >= 0.3 is 0 Å². The van der Waals surface area contributed by atoms with Crippen molar-refractivity contribution in [3.05, 3.63) is 90.0 Å². The molecular formula is C22H18N4O2. The molecule has 0 radical (unpaired) electrons. The number of aromatic nitrogens is 2. The van der Waals surface area contributed by atoms with E-state index in [1.165, 1.54) is 0 Å². The van der Waals surface area contributed by atoms with E-state index in [0.717, 1.165) is 16.8 Å². The molecule has 2 atom stereocenters. The molecule has 1 aromatic carbocycles. The number of para-hydroxylation sites is 1. The van der Waals surface area contributed by atoms with Gasteiger partial charge in [0.05, 0.1) is 11.6 Å². The highest BCUT2D eigenvalue weighted by Gasteiger charge is 2.59. The van der Waals surface area contributed by atoms with Gasteiger partial charge in [0, 0.05) is 37.0 Å². The van der Waals surface area contributed by atoms with E-state index in [0.29, 0.717) is 18.5 Å². The predicted molar refractivity (Wildman–Crippen MR) is 104 cm³/mol. The molecule has 5 rings (SSSR count). The predicted octanol–water partition coefficient (Wildman–Crippen LogP) is 2.95. The van der Waals surface area contributed by atoms with E-state index in [4.69, 9.17) is 0 Å². The molecule has 0 bridgehead atoms. The van der Waals surface area contributed by atoms with Crippen molar-refractivity contribution in [1.29, 1.82) is 0 Å². The zero-order chi connectivity index (χ0) is 19.1. The molecule has 138 valence electrons. The standard InChI is InChI=1S/C22H18N4O2/c27-20(16-6-4-11-24-14-16)26-12-9-22(19(26)15-5-3-10-23-13-15)17-7-1-2-8-18(17)25-21(22)28/h1-8,10-11,13-14,19H,9,12H2,(H,25,28). The smallest absolute Gasteiger partial charge is 0.255 e. The Morgan fingerprint density at radius 1 is 1.04 bits per heavy atom. The minimum Gasteiger partial charge on any atom is -0.330 e. The van der Waals surface area contributed by atoms with Crippen LogP contribution in [0.1, 0.15) is 33.9 Å². The molecule has 1 saturated heterocycles. The molecule has 1 spiro atoms. The third kappa shape index (κ3) is 2.27. The van der Waals surface area contributed by atoms with Gasteiger partial charge in [0.2, 0.25) is 5.91 Å². The van der Waals surface area contributed by atoms with Gasteiger partial charge in [0.15, 0.2) is 0 Å². The summed E-state index contributed by atoms with van der Waals surface area (Å²) in [6.07, 6.45) is 7.20. The maximum atomic E-state index is 13.3. The second-order valence-corrected chi connectivity index (χ2v) is 7.15. The van der Waals surface area contributed by atoms with Gasteiger partial charge < -0.3 is 10.2 Å². The number of carbonyl (C=O) groups excluding carboxylic acids is 2. The Morgan fingerprint density at radius 2 is 1.82 bits per heavy atom. The van der Waals surface area contributed by atoms with Crippen LogP contribution in [0, 0.1) is 0 Å². The van der Waals surface area contributed by atoms with Crippen LogP contribution in [0.25, 0.3) is 0 Å². The average Bonchev–Trinajstić information content (AvgIpc) is 3.28. The Morgan fingerprint density at radius 3 is 2.57 bits per heavy atom. The third-order valence-electron chi connectivity index (χ3n) is 5.76. The highest BCUT2D eigenvalue weighted by atomic mass is 16.2. The number of likely N-dealkylation sites (tertiary alicyclic amines) is 1. The first-order valence-electron chi connectivity index (χ1n) is 9.24. The summed E-state index contributed by atoms with van der Waals surface area (Å²) >= 11 is 0. The molecule has 1 N–H and O–H groups in total. The molecule has 6 nitrogen and oxygen atoms in total. The molecule has 2 aliphatic rings. The number of hydrogen-bond acceptors (Lipinski definition) is 4. The summed E-state index contributed by atoms with van der Waals surface area (Å²) in [6, 6.07) is 14.6. The minimum atomic E-state index is -0.822. The van der Waals surface area contributed by atoms with Crippen LogP contribution >= 0.6 is 0 Å². The summed E-state index contributed by atoms with van der Waals surface area (Å²) in [7, 11) is 0. The summed E-state index contributed by atoms with van der Waals surface area (Å²) in [6.45, 7) is 0.481. The fourth-order valence-electron chi connectivity index (χ4n) is 4.56. The largest absolute Gasteiger partial charge is 0.330 e. The molecule has 2 aromatic heterocycles. The van der Waals surface area contributed by atoms with Gasteiger partial charge in [0.25, 0.3) is 5.91 Å². The number of carbonyl (C=O) groups is 2. The molecule has 2 unspecified atom stereocenters. The molecular weight excluding hydrogens is 352 g/mol. The Kier molecular flexibility index (Phi) is 3.72. The first-order valence-corrected chi connectivity index (χ1v) is 9.24. The van der Waals surface area contributed by atoms with Crippen LogP contribution in [0.5, 0.6) is 0 Å². The molecule has 0 aliphatic carbocycles. The summed E-state index contributed by atoms with van der Waals surface area (Å²) in [5.74, 6) is -0.194. The number of amides is 2. The number of nitrogens with zero attached hydrogens (tertiary/aromatic N) is 3. The molecule has 0 saturated carbocycles. The van der Waals surface area contributed by atoms with E-state index in [1.807, 2.05) is 36.4 Å². The molecule has 2 amide bonds. The monoisotopic (exact) mass is 370 g/mol. The van der Waals surface area contributed by atoms with E-state index in [9.17, 15) is 9.59 Å². The molecule has 2 aliphatic heterocycles. The Bertz CT molecular complexity index is 1050. The Hall–Kier alpha value is -3.54. The van der Waals surface area contributed by atoms with E-state index < -0.39 is 11.5 Å². The lowest BCUT2D eigenvalue weighted by molar-refractivity contribution is -0.121. The quantitative estimate of drug-likeness (QED) is 0.753. The van der Waals surface area contributed by atoms with Crippen LogP contribution in [-0.2, 0) is 10.2 Å². The van der Waals surface area contributed by atoms with Crippen molar-refractivity contribution in [2.24, 2.45) is 0 Å². The van der Waals surface area contributed by atoms with Gasteiger partial charge in [-0.05, 0) is 41.8 Å². The topological polar surface area (TPSA) is 75.2 Å². The van der Waals surface area contributed by atoms with Crippen LogP contribution < -0.4 is 5.32 Å². The van der Waals surface area contributed by atoms with Crippen LogP contribution in [-0.4, -0.2) is 33.2 Å². The lowest BCUT2D eigenvalue weighted by Gasteiger charge is -2.34. The zero-order valence-corrected chi connectivity index (χ0v) is 15.1. The van der Waals surface area contributed by atoms with E-state index in [1.54, 1.807) is 41.8 Å². The zero-order valence-electron chi connectivity index (χ0n) is 15.1. The van der Waals surface area contributed by atoms with Gasteiger partial charge in [-0.25, -0.2) is 0 Å². The van der Waals surface area contributed by atoms with Crippen molar-refractivity contribution in [3.63, 3.8) is 0 Å². The first kappa shape index (κ1) is 16.6. The summed E-state index contributed by atoms with van der Waals surface area (Å²) in [5.41, 5.74) is 2.30. The van der Waals surface area contributed by atoms with Crippen molar-refractivity contribution >= 4 is 17.5 Å². The normalized spacial score (nSPS) is 22.9. The van der Waals surface area contributed by atoms with Crippen LogP contribution in [0.15, 0.2) is 73.3 Å². The summed E-state index contributed by atoms with van der Waals surface area (Å²) in [5, 5.41) is 3.02. The fraction of sp³-hybridized carbons (Fsp3) is 0.182. The number of rotatable bonds is 2. The fourth-order valence-corrected chi connectivity index (χ4v) is 4.56. The maximum absolute atomic E-state index is 13.3. The van der Waals surface area contributed by atoms with Gasteiger partial charge in [-0.3, -0.25) is 19.6 Å². The van der Waals surface area contributed by atoms with E-state index in [-0.39, 0.29) is 11.8 Å². The van der Waals surface area contributed by atoms with E-state index in [2.05, 4.69) is 15.3 Å². The SMILES string of the molecule is O=C(c1cccnc1)N1CCC2(C(=O)Nc3ccccc32)C1c1cccnc1. The molecule has 3 aromatic rings. The van der Waals surface area contributed by atoms with Crippen molar-refractivity contribution in [2.45, 2.75) is 17.9 Å². The van der Waals surface area contributed by atoms with Crippen molar-refractivity contribution < 1.29 is 9.59 Å². The Balaban J connectivity index is 1.68. The van der Waals surface area contributed by atoms with Crippen molar-refractivity contribution in [1.82, 2.24) is 14.9 Å². The van der Waals surface area contributed by atoms with Crippen molar-refractivity contribution in [3.8, 4) is 0 Å². The van der Waals surface area contributed by atoms with Crippen molar-refractivity contribution in [2.75, 3.05) is 11.9 Å². The van der Waals surface area contributed by atoms with Crippen LogP contribution in [0.3, 0.4) is 0 Å². The number of benzene rings is 1. The van der Waals surface area contributed by atoms with Crippen LogP contribution in [0.4, 0.5) is 5.69 Å². The number of anilines is 1. The average molecular weight is 370 g/mol. The lowest BCUT2D eigenvalue weighted by Crippen LogP contribution is -2.42. The molecule has 6 heteroatoms. The number of fused-ring (bicyclic) bond motifs is 2. The van der Waals surface area contributed by atoms with E-state index >= 15 is 0 Å². The number of pyridine rings is 2.